The van der Waals surface area contributed by atoms with Crippen molar-refractivity contribution in [2.45, 2.75) is 26.2 Å². The van der Waals surface area contributed by atoms with E-state index in [0.717, 1.165) is 6.42 Å². The van der Waals surface area contributed by atoms with Crippen molar-refractivity contribution in [3.05, 3.63) is 64.2 Å². The fraction of sp³-hybridized carbons (Fsp3) is 0.235. The summed E-state index contributed by atoms with van der Waals surface area (Å²) in [6.45, 7) is 2.17. The van der Waals surface area contributed by atoms with Crippen LogP contribution in [-0.2, 0) is 6.42 Å². The van der Waals surface area contributed by atoms with Gasteiger partial charge in [-0.05, 0) is 36.6 Å². The van der Waals surface area contributed by atoms with E-state index < -0.39 is 0 Å². The van der Waals surface area contributed by atoms with Crippen molar-refractivity contribution >= 4 is 23.1 Å². The van der Waals surface area contributed by atoms with Gasteiger partial charge in [0.15, 0.2) is 5.78 Å². The summed E-state index contributed by atoms with van der Waals surface area (Å²) in [5.41, 5.74) is 8.63. The molecule has 0 bridgehead atoms. The highest BCUT2D eigenvalue weighted by Gasteiger charge is 2.10. The van der Waals surface area contributed by atoms with Crippen molar-refractivity contribution in [1.29, 1.82) is 0 Å². The summed E-state index contributed by atoms with van der Waals surface area (Å²) >= 11 is 5.95. The summed E-state index contributed by atoms with van der Waals surface area (Å²) in [4.78, 5) is 12.3. The van der Waals surface area contributed by atoms with E-state index in [1.807, 2.05) is 24.3 Å². The largest absolute Gasteiger partial charge is 0.398 e. The second-order valence-electron chi connectivity index (χ2n) is 4.87. The van der Waals surface area contributed by atoms with Gasteiger partial charge in [0.1, 0.15) is 0 Å². The van der Waals surface area contributed by atoms with Crippen LogP contribution in [-0.4, -0.2) is 5.78 Å². The first-order valence-electron chi connectivity index (χ1n) is 6.80. The second-order valence-corrected chi connectivity index (χ2v) is 5.27. The van der Waals surface area contributed by atoms with Crippen molar-refractivity contribution in [2.75, 3.05) is 5.73 Å². The van der Waals surface area contributed by atoms with E-state index in [1.54, 1.807) is 18.2 Å². The van der Waals surface area contributed by atoms with Crippen LogP contribution in [0.3, 0.4) is 0 Å². The van der Waals surface area contributed by atoms with Gasteiger partial charge in [0.05, 0.1) is 10.7 Å². The summed E-state index contributed by atoms with van der Waals surface area (Å²) in [6, 6.07) is 12.8. The lowest BCUT2D eigenvalue weighted by molar-refractivity contribution is 0.103. The molecule has 0 aliphatic heterocycles. The topological polar surface area (TPSA) is 43.1 Å². The highest BCUT2D eigenvalue weighted by atomic mass is 35.5. The van der Waals surface area contributed by atoms with Crippen LogP contribution in [0.1, 0.15) is 41.3 Å². The monoisotopic (exact) mass is 287 g/mol. The smallest absolute Gasteiger partial charge is 0.193 e. The van der Waals surface area contributed by atoms with Crippen molar-refractivity contribution in [1.82, 2.24) is 0 Å². The number of nitrogen functional groups attached to an aromatic ring is 1. The van der Waals surface area contributed by atoms with Crippen molar-refractivity contribution in [3.63, 3.8) is 0 Å². The normalized spacial score (nSPS) is 10.5. The Balaban J connectivity index is 2.18. The molecule has 104 valence electrons. The molecule has 0 fully saturated rings. The molecule has 2 N–H and O–H groups in total. The number of carbonyl (C=O) groups is 1. The predicted molar refractivity (Wildman–Crippen MR) is 84.4 cm³/mol. The highest BCUT2D eigenvalue weighted by molar-refractivity contribution is 6.33. The number of nitrogens with two attached hydrogens (primary N) is 1. The molecule has 2 rings (SSSR count). The van der Waals surface area contributed by atoms with E-state index in [-0.39, 0.29) is 5.78 Å². The van der Waals surface area contributed by atoms with Crippen LogP contribution in [0.2, 0.25) is 5.02 Å². The van der Waals surface area contributed by atoms with Gasteiger partial charge in [-0.25, -0.2) is 0 Å². The first-order chi connectivity index (χ1) is 9.61. The molecule has 0 aliphatic carbocycles. The quantitative estimate of drug-likeness (QED) is 0.650. The van der Waals surface area contributed by atoms with Gasteiger partial charge in [-0.1, -0.05) is 49.2 Å². The van der Waals surface area contributed by atoms with Gasteiger partial charge >= 0.3 is 0 Å². The number of halogens is 1. The molecule has 0 heterocycles. The Labute approximate surface area is 124 Å². The number of rotatable bonds is 5. The van der Waals surface area contributed by atoms with Crippen LogP contribution < -0.4 is 5.73 Å². The van der Waals surface area contributed by atoms with Crippen molar-refractivity contribution in [2.24, 2.45) is 0 Å². The maximum atomic E-state index is 12.3. The summed E-state index contributed by atoms with van der Waals surface area (Å²) in [7, 11) is 0. The minimum absolute atomic E-state index is 0.0334. The lowest BCUT2D eigenvalue weighted by atomic mass is 10.0. The average molecular weight is 288 g/mol. The zero-order chi connectivity index (χ0) is 14.5. The third-order valence-corrected chi connectivity index (χ3v) is 3.63. The van der Waals surface area contributed by atoms with E-state index in [4.69, 9.17) is 17.3 Å². The van der Waals surface area contributed by atoms with E-state index in [2.05, 4.69) is 6.92 Å². The zero-order valence-electron chi connectivity index (χ0n) is 11.5. The Morgan fingerprint density at radius 2 is 1.75 bits per heavy atom. The van der Waals surface area contributed by atoms with Gasteiger partial charge in [0, 0.05) is 11.1 Å². The molecule has 3 heteroatoms. The van der Waals surface area contributed by atoms with Crippen molar-refractivity contribution in [3.8, 4) is 0 Å². The summed E-state index contributed by atoms with van der Waals surface area (Å²) < 4.78 is 0. The number of benzene rings is 2. The molecule has 0 saturated carbocycles. The summed E-state index contributed by atoms with van der Waals surface area (Å²) in [5, 5.41) is 0.412. The third-order valence-electron chi connectivity index (χ3n) is 3.30. The molecule has 0 aliphatic rings. The number of ketones is 1. The molecule has 0 amide bonds. The molecule has 2 nitrogen and oxygen atoms in total. The van der Waals surface area contributed by atoms with Crippen LogP contribution >= 0.6 is 11.6 Å². The maximum absolute atomic E-state index is 12.3. The molecule has 0 unspecified atom stereocenters. The first kappa shape index (κ1) is 14.6. The number of aryl methyl sites for hydroxylation is 1. The van der Waals surface area contributed by atoms with E-state index in [1.165, 1.54) is 18.4 Å². The zero-order valence-corrected chi connectivity index (χ0v) is 12.3. The molecule has 2 aromatic rings. The van der Waals surface area contributed by atoms with E-state index in [0.29, 0.717) is 21.8 Å². The Hall–Kier alpha value is -1.80. The van der Waals surface area contributed by atoms with Gasteiger partial charge in [0.25, 0.3) is 0 Å². The summed E-state index contributed by atoms with van der Waals surface area (Å²) in [6.07, 6.45) is 3.39. The van der Waals surface area contributed by atoms with Crippen LogP contribution in [0.25, 0.3) is 0 Å². The van der Waals surface area contributed by atoms with E-state index >= 15 is 0 Å². The minimum atomic E-state index is -0.0334. The fourth-order valence-corrected chi connectivity index (χ4v) is 2.22. The van der Waals surface area contributed by atoms with E-state index in [9.17, 15) is 4.79 Å². The molecule has 0 radical (unpaired) electrons. The number of carbonyl (C=O) groups excluding carboxylic acids is 1. The predicted octanol–water partition coefficient (Wildman–Crippen LogP) is 4.50. The number of hydrogen-bond acceptors (Lipinski definition) is 2. The molecule has 20 heavy (non-hydrogen) atoms. The molecule has 0 atom stereocenters. The third kappa shape index (κ3) is 3.40. The summed E-state index contributed by atoms with van der Waals surface area (Å²) in [5.74, 6) is -0.0334. The maximum Gasteiger partial charge on any atom is 0.193 e. The number of anilines is 1. The molecule has 2 aromatic carbocycles. The van der Waals surface area contributed by atoms with Gasteiger partial charge < -0.3 is 5.73 Å². The Morgan fingerprint density at radius 3 is 2.35 bits per heavy atom. The SMILES string of the molecule is CCCCc1ccc(C(=O)c2ccc(N)c(Cl)c2)cc1. The first-order valence-corrected chi connectivity index (χ1v) is 7.18. The Bertz CT molecular complexity index is 605. The van der Waals surface area contributed by atoms with Gasteiger partial charge in [-0.3, -0.25) is 4.79 Å². The standard InChI is InChI=1S/C17H18ClNO/c1-2-3-4-12-5-7-13(8-6-12)17(20)14-9-10-16(19)15(18)11-14/h5-11H,2-4,19H2,1H3. The van der Waals surface area contributed by atoms with Crippen LogP contribution in [0.15, 0.2) is 42.5 Å². The number of unbranched alkanes of at least 4 members (excludes halogenated alkanes) is 1. The molecule has 0 saturated heterocycles. The molecule has 0 aromatic heterocycles. The van der Waals surface area contributed by atoms with Gasteiger partial charge in [-0.15, -0.1) is 0 Å². The Kier molecular flexibility index (Phi) is 4.80. The average Bonchev–Trinajstić information content (AvgIpc) is 2.48. The van der Waals surface area contributed by atoms with Crippen molar-refractivity contribution < 1.29 is 4.79 Å². The van der Waals surface area contributed by atoms with Crippen LogP contribution in [0.5, 0.6) is 0 Å². The lowest BCUT2D eigenvalue weighted by Crippen LogP contribution is -2.02. The highest BCUT2D eigenvalue weighted by Crippen LogP contribution is 2.21. The molecular formula is C17H18ClNO. The van der Waals surface area contributed by atoms with Crippen LogP contribution in [0.4, 0.5) is 5.69 Å². The van der Waals surface area contributed by atoms with Gasteiger partial charge in [0.2, 0.25) is 0 Å². The van der Waals surface area contributed by atoms with Crippen LogP contribution in [0, 0.1) is 0 Å². The Morgan fingerprint density at radius 1 is 1.10 bits per heavy atom. The fourth-order valence-electron chi connectivity index (χ4n) is 2.04. The number of hydrogen-bond donors (Lipinski definition) is 1. The lowest BCUT2D eigenvalue weighted by Gasteiger charge is -2.05. The van der Waals surface area contributed by atoms with Gasteiger partial charge in [-0.2, -0.15) is 0 Å². The molecular weight excluding hydrogens is 270 g/mol. The minimum Gasteiger partial charge on any atom is -0.398 e. The molecule has 0 spiro atoms. The second kappa shape index (κ2) is 6.58.